The van der Waals surface area contributed by atoms with Gasteiger partial charge in [-0.1, -0.05) is 29.1 Å². The maximum Gasteiger partial charge on any atom is 0.253 e. The summed E-state index contributed by atoms with van der Waals surface area (Å²) in [4.78, 5) is 15.5. The van der Waals surface area contributed by atoms with Crippen LogP contribution in [0.5, 0.6) is 0 Å². The molecule has 0 aliphatic heterocycles. The molecule has 0 saturated carbocycles. The van der Waals surface area contributed by atoms with Gasteiger partial charge >= 0.3 is 0 Å². The predicted octanol–water partition coefficient (Wildman–Crippen LogP) is 2.06. The number of terminal acetylenes is 1. The maximum atomic E-state index is 11.5. The number of aryl methyl sites for hydroxylation is 1. The molecule has 15 heavy (non-hydrogen) atoms. The Kier molecular flexibility index (Phi) is 3.96. The lowest BCUT2D eigenvalue weighted by Crippen LogP contribution is -2.24. The summed E-state index contributed by atoms with van der Waals surface area (Å²) in [5.74, 6) is 1.99. The van der Waals surface area contributed by atoms with Gasteiger partial charge in [0.2, 0.25) is 0 Å². The highest BCUT2D eigenvalue weighted by Gasteiger charge is 2.12. The molecule has 0 atom stereocenters. The van der Waals surface area contributed by atoms with E-state index in [1.165, 1.54) is 6.07 Å². The van der Waals surface area contributed by atoms with E-state index >= 15 is 0 Å². The van der Waals surface area contributed by atoms with Gasteiger partial charge in [-0.2, -0.15) is 0 Å². The number of carbonyl (C=O) groups is 1. The van der Waals surface area contributed by atoms with Gasteiger partial charge in [-0.3, -0.25) is 4.79 Å². The van der Waals surface area contributed by atoms with Crippen LogP contribution in [0.1, 0.15) is 16.1 Å². The molecule has 0 fully saturated rings. The minimum absolute atomic E-state index is 0.165. The lowest BCUT2D eigenvalue weighted by atomic mass is 10.2. The van der Waals surface area contributed by atoms with Crippen LogP contribution in [0.15, 0.2) is 6.07 Å². The number of hydrogen-bond donors (Lipinski definition) is 1. The van der Waals surface area contributed by atoms with Gasteiger partial charge < -0.3 is 5.32 Å². The molecule has 5 heteroatoms. The van der Waals surface area contributed by atoms with Crippen molar-refractivity contribution in [2.24, 2.45) is 0 Å². The van der Waals surface area contributed by atoms with Crippen LogP contribution in [-0.4, -0.2) is 17.4 Å². The third kappa shape index (κ3) is 2.85. The monoisotopic (exact) mass is 242 g/mol. The van der Waals surface area contributed by atoms with Crippen molar-refractivity contribution in [3.63, 3.8) is 0 Å². The Morgan fingerprint density at radius 2 is 2.33 bits per heavy atom. The zero-order chi connectivity index (χ0) is 11.4. The molecule has 1 aromatic rings. The van der Waals surface area contributed by atoms with Crippen molar-refractivity contribution >= 4 is 29.1 Å². The molecule has 3 nitrogen and oxygen atoms in total. The van der Waals surface area contributed by atoms with Crippen LogP contribution < -0.4 is 5.32 Å². The highest BCUT2D eigenvalue weighted by atomic mass is 35.5. The number of halogens is 2. The van der Waals surface area contributed by atoms with Gasteiger partial charge in [-0.05, 0) is 13.0 Å². The minimum Gasteiger partial charge on any atom is -0.341 e. The zero-order valence-electron chi connectivity index (χ0n) is 7.97. The van der Waals surface area contributed by atoms with Crippen molar-refractivity contribution in [1.82, 2.24) is 10.3 Å². The molecule has 0 aliphatic rings. The number of hydrogen-bond acceptors (Lipinski definition) is 2. The second-order valence-electron chi connectivity index (χ2n) is 2.78. The molecular formula is C10H8Cl2N2O. The Morgan fingerprint density at radius 1 is 1.67 bits per heavy atom. The van der Waals surface area contributed by atoms with Crippen molar-refractivity contribution in [2.75, 3.05) is 6.54 Å². The second-order valence-corrected chi connectivity index (χ2v) is 3.55. The first kappa shape index (κ1) is 11.8. The number of nitrogens with one attached hydrogen (secondary N) is 1. The van der Waals surface area contributed by atoms with Gasteiger partial charge in [0, 0.05) is 0 Å². The predicted molar refractivity (Wildman–Crippen MR) is 60.2 cm³/mol. The standard InChI is InChI=1S/C10H8Cl2N2O/c1-3-4-13-10(15)7-5-8(11)9(12)14-6(7)2/h1,5H,4H2,2H3,(H,13,15). The van der Waals surface area contributed by atoms with Gasteiger partial charge in [-0.15, -0.1) is 6.42 Å². The van der Waals surface area contributed by atoms with Crippen molar-refractivity contribution in [3.8, 4) is 12.3 Å². The maximum absolute atomic E-state index is 11.5. The summed E-state index contributed by atoms with van der Waals surface area (Å²) in [6, 6.07) is 1.47. The zero-order valence-corrected chi connectivity index (χ0v) is 9.49. The molecular weight excluding hydrogens is 235 g/mol. The van der Waals surface area contributed by atoms with Crippen LogP contribution in [0.4, 0.5) is 0 Å². The lowest BCUT2D eigenvalue weighted by Gasteiger charge is -2.06. The average molecular weight is 243 g/mol. The van der Waals surface area contributed by atoms with Gasteiger partial charge in [0.1, 0.15) is 5.15 Å². The van der Waals surface area contributed by atoms with Crippen molar-refractivity contribution in [1.29, 1.82) is 0 Å². The molecule has 1 aromatic heterocycles. The first-order valence-corrected chi connectivity index (χ1v) is 4.86. The number of pyridine rings is 1. The fourth-order valence-electron chi connectivity index (χ4n) is 1.01. The Balaban J connectivity index is 3.00. The molecule has 1 N–H and O–H groups in total. The van der Waals surface area contributed by atoms with Crippen LogP contribution in [0.2, 0.25) is 10.2 Å². The summed E-state index contributed by atoms with van der Waals surface area (Å²) in [7, 11) is 0. The molecule has 0 bridgehead atoms. The van der Waals surface area contributed by atoms with Gasteiger partial charge in [0.25, 0.3) is 5.91 Å². The van der Waals surface area contributed by atoms with E-state index in [2.05, 4.69) is 16.2 Å². The largest absolute Gasteiger partial charge is 0.341 e. The SMILES string of the molecule is C#CCNC(=O)c1cc(Cl)c(Cl)nc1C. The van der Waals surface area contributed by atoms with Gasteiger partial charge in [-0.25, -0.2) is 4.98 Å². The molecule has 1 rings (SSSR count). The van der Waals surface area contributed by atoms with E-state index in [0.29, 0.717) is 11.3 Å². The van der Waals surface area contributed by atoms with E-state index in [0.717, 1.165) is 0 Å². The highest BCUT2D eigenvalue weighted by Crippen LogP contribution is 2.22. The average Bonchev–Trinajstić information content (AvgIpc) is 2.20. The molecule has 0 unspecified atom stereocenters. The summed E-state index contributed by atoms with van der Waals surface area (Å²) in [6.07, 6.45) is 5.02. The fourth-order valence-corrected chi connectivity index (χ4v) is 1.34. The van der Waals surface area contributed by atoms with Crippen LogP contribution in [0.25, 0.3) is 0 Å². The number of aromatic nitrogens is 1. The third-order valence-electron chi connectivity index (χ3n) is 1.72. The molecule has 0 aliphatic carbocycles. The Bertz CT molecular complexity index is 438. The van der Waals surface area contributed by atoms with Gasteiger partial charge in [0.15, 0.2) is 0 Å². The molecule has 78 valence electrons. The molecule has 0 radical (unpaired) electrons. The molecule has 0 saturated heterocycles. The smallest absolute Gasteiger partial charge is 0.253 e. The normalized spacial score (nSPS) is 9.47. The molecule has 0 aromatic carbocycles. The molecule has 0 spiro atoms. The van der Waals surface area contributed by atoms with Crippen LogP contribution in [-0.2, 0) is 0 Å². The first-order chi connectivity index (χ1) is 7.06. The summed E-state index contributed by atoms with van der Waals surface area (Å²) in [5.41, 5.74) is 0.888. The summed E-state index contributed by atoms with van der Waals surface area (Å²) >= 11 is 11.4. The van der Waals surface area contributed by atoms with Crippen LogP contribution in [0, 0.1) is 19.3 Å². The van der Waals surface area contributed by atoms with Crippen molar-refractivity contribution < 1.29 is 4.79 Å². The highest BCUT2D eigenvalue weighted by molar-refractivity contribution is 6.41. The Labute approximate surface area is 97.8 Å². The summed E-state index contributed by atoms with van der Waals surface area (Å²) in [6.45, 7) is 1.84. The second kappa shape index (κ2) is 5.01. The number of rotatable bonds is 2. The Hall–Kier alpha value is -1.24. The number of nitrogens with zero attached hydrogens (tertiary/aromatic N) is 1. The summed E-state index contributed by atoms with van der Waals surface area (Å²) in [5, 5.41) is 2.95. The van der Waals surface area contributed by atoms with E-state index in [4.69, 9.17) is 29.6 Å². The molecule has 1 heterocycles. The third-order valence-corrected chi connectivity index (χ3v) is 2.39. The van der Waals surface area contributed by atoms with E-state index in [-0.39, 0.29) is 22.6 Å². The quantitative estimate of drug-likeness (QED) is 0.638. The van der Waals surface area contributed by atoms with Crippen LogP contribution in [0.3, 0.4) is 0 Å². The summed E-state index contributed by atoms with van der Waals surface area (Å²) < 4.78 is 0. The first-order valence-electron chi connectivity index (χ1n) is 4.10. The fraction of sp³-hybridized carbons (Fsp3) is 0.200. The molecule has 1 amide bonds. The number of carbonyl (C=O) groups excluding carboxylic acids is 1. The van der Waals surface area contributed by atoms with E-state index in [9.17, 15) is 4.79 Å². The Morgan fingerprint density at radius 3 is 2.93 bits per heavy atom. The van der Waals surface area contributed by atoms with E-state index < -0.39 is 0 Å². The topological polar surface area (TPSA) is 42.0 Å². The minimum atomic E-state index is -0.309. The van der Waals surface area contributed by atoms with Crippen LogP contribution >= 0.6 is 23.2 Å². The lowest BCUT2D eigenvalue weighted by molar-refractivity contribution is 0.0957. The van der Waals surface area contributed by atoms with Gasteiger partial charge in [0.05, 0.1) is 22.8 Å². The van der Waals surface area contributed by atoms with E-state index in [1.807, 2.05) is 0 Å². The van der Waals surface area contributed by atoms with Crippen molar-refractivity contribution in [2.45, 2.75) is 6.92 Å². The van der Waals surface area contributed by atoms with E-state index in [1.54, 1.807) is 6.92 Å². The van der Waals surface area contributed by atoms with Crippen molar-refractivity contribution in [3.05, 3.63) is 27.5 Å². The number of amides is 1.